The quantitative estimate of drug-likeness (QED) is 0.581. The van der Waals surface area contributed by atoms with E-state index in [0.717, 1.165) is 5.69 Å². The molecule has 0 saturated carbocycles. The van der Waals surface area contributed by atoms with Crippen LogP contribution in [0.4, 0.5) is 11.4 Å². The van der Waals surface area contributed by atoms with E-state index in [0.29, 0.717) is 18.0 Å². The Morgan fingerprint density at radius 1 is 1.50 bits per heavy atom. The Hall–Kier alpha value is -1.91. The van der Waals surface area contributed by atoms with Gasteiger partial charge in [0.25, 0.3) is 0 Å². The molecular weight excluding hydrogens is 208 g/mol. The van der Waals surface area contributed by atoms with Gasteiger partial charge in [0.2, 0.25) is 0 Å². The van der Waals surface area contributed by atoms with Crippen LogP contribution < -0.4 is 15.8 Å². The second kappa shape index (κ2) is 5.85. The van der Waals surface area contributed by atoms with Crippen LogP contribution in [-0.2, 0) is 9.53 Å². The molecule has 16 heavy (non-hydrogen) atoms. The van der Waals surface area contributed by atoms with Gasteiger partial charge < -0.3 is 20.5 Å². The van der Waals surface area contributed by atoms with Crippen LogP contribution in [0.5, 0.6) is 5.75 Å². The highest BCUT2D eigenvalue weighted by atomic mass is 16.5. The summed E-state index contributed by atoms with van der Waals surface area (Å²) >= 11 is 0. The highest BCUT2D eigenvalue weighted by molar-refractivity contribution is 5.75. The normalized spacial score (nSPS) is 9.62. The van der Waals surface area contributed by atoms with E-state index in [-0.39, 0.29) is 12.5 Å². The largest absolute Gasteiger partial charge is 0.492 e. The maximum Gasteiger partial charge on any atom is 0.325 e. The molecular formula is C11H16N2O3. The van der Waals surface area contributed by atoms with Crippen molar-refractivity contribution in [3.05, 3.63) is 18.2 Å². The van der Waals surface area contributed by atoms with Crippen molar-refractivity contribution in [2.45, 2.75) is 6.92 Å². The summed E-state index contributed by atoms with van der Waals surface area (Å²) in [5, 5.41) is 2.91. The van der Waals surface area contributed by atoms with Gasteiger partial charge in [0.15, 0.2) is 0 Å². The van der Waals surface area contributed by atoms with Crippen LogP contribution in [-0.4, -0.2) is 26.2 Å². The number of nitrogens with two attached hydrogens (primary N) is 1. The highest BCUT2D eigenvalue weighted by Crippen LogP contribution is 2.25. The molecule has 0 atom stereocenters. The minimum absolute atomic E-state index is 0.117. The molecule has 0 bridgehead atoms. The van der Waals surface area contributed by atoms with Crippen molar-refractivity contribution >= 4 is 17.3 Å². The maximum atomic E-state index is 10.9. The van der Waals surface area contributed by atoms with E-state index >= 15 is 0 Å². The lowest BCUT2D eigenvalue weighted by molar-refractivity contribution is -0.138. The Morgan fingerprint density at radius 3 is 2.88 bits per heavy atom. The van der Waals surface area contributed by atoms with Crippen LogP contribution >= 0.6 is 0 Å². The Kier molecular flexibility index (Phi) is 4.44. The van der Waals surface area contributed by atoms with E-state index in [1.165, 1.54) is 7.11 Å². The molecule has 3 N–H and O–H groups in total. The number of hydrogen-bond donors (Lipinski definition) is 2. The SMILES string of the molecule is CCOc1cc(NCC(=O)OC)ccc1N. The topological polar surface area (TPSA) is 73.6 Å². The smallest absolute Gasteiger partial charge is 0.325 e. The molecule has 0 unspecified atom stereocenters. The molecule has 5 nitrogen and oxygen atoms in total. The van der Waals surface area contributed by atoms with Crippen LogP contribution in [0.3, 0.4) is 0 Å². The predicted molar refractivity (Wildman–Crippen MR) is 62.5 cm³/mol. The molecule has 5 heteroatoms. The third-order valence-electron chi connectivity index (χ3n) is 1.98. The zero-order valence-corrected chi connectivity index (χ0v) is 9.45. The van der Waals surface area contributed by atoms with E-state index in [9.17, 15) is 4.79 Å². The lowest BCUT2D eigenvalue weighted by Crippen LogP contribution is -2.15. The molecule has 0 radical (unpaired) electrons. The average molecular weight is 224 g/mol. The standard InChI is InChI=1S/C11H16N2O3/c1-3-16-10-6-8(4-5-9(10)12)13-7-11(14)15-2/h4-6,13H,3,7,12H2,1-2H3. The van der Waals surface area contributed by atoms with E-state index in [1.54, 1.807) is 18.2 Å². The maximum absolute atomic E-state index is 10.9. The number of rotatable bonds is 5. The van der Waals surface area contributed by atoms with E-state index < -0.39 is 0 Å². The molecule has 1 aromatic carbocycles. The van der Waals surface area contributed by atoms with Crippen molar-refractivity contribution in [2.24, 2.45) is 0 Å². The monoisotopic (exact) mass is 224 g/mol. The zero-order chi connectivity index (χ0) is 12.0. The van der Waals surface area contributed by atoms with E-state index in [2.05, 4.69) is 10.1 Å². The number of ether oxygens (including phenoxy) is 2. The summed E-state index contributed by atoms with van der Waals surface area (Å²) in [6.07, 6.45) is 0. The molecule has 88 valence electrons. The molecule has 0 aliphatic rings. The third kappa shape index (κ3) is 3.34. The number of methoxy groups -OCH3 is 1. The summed E-state index contributed by atoms with van der Waals surface area (Å²) in [6, 6.07) is 5.26. The first kappa shape index (κ1) is 12.2. The van der Waals surface area contributed by atoms with Gasteiger partial charge in [0, 0.05) is 11.8 Å². The van der Waals surface area contributed by atoms with Crippen LogP contribution in [0, 0.1) is 0 Å². The first-order valence-electron chi connectivity index (χ1n) is 5.00. The number of carbonyl (C=O) groups excluding carboxylic acids is 1. The first-order chi connectivity index (χ1) is 7.67. The predicted octanol–water partition coefficient (Wildman–Crippen LogP) is 1.25. The fourth-order valence-electron chi connectivity index (χ4n) is 1.17. The lowest BCUT2D eigenvalue weighted by Gasteiger charge is -2.10. The summed E-state index contributed by atoms with van der Waals surface area (Å²) in [5.41, 5.74) is 7.05. The van der Waals surface area contributed by atoms with Crippen molar-refractivity contribution in [3.63, 3.8) is 0 Å². The molecule has 0 aliphatic carbocycles. The van der Waals surface area contributed by atoms with Crippen molar-refractivity contribution in [1.29, 1.82) is 0 Å². The third-order valence-corrected chi connectivity index (χ3v) is 1.98. The minimum Gasteiger partial charge on any atom is -0.492 e. The Bertz CT molecular complexity index is 366. The Balaban J connectivity index is 2.67. The highest BCUT2D eigenvalue weighted by Gasteiger charge is 2.03. The molecule has 0 aromatic heterocycles. The van der Waals surface area contributed by atoms with Gasteiger partial charge in [-0.2, -0.15) is 0 Å². The zero-order valence-electron chi connectivity index (χ0n) is 9.45. The minimum atomic E-state index is -0.324. The van der Waals surface area contributed by atoms with Crippen molar-refractivity contribution in [3.8, 4) is 5.75 Å². The van der Waals surface area contributed by atoms with Crippen molar-refractivity contribution in [1.82, 2.24) is 0 Å². The Labute approximate surface area is 94.5 Å². The molecule has 1 aromatic rings. The van der Waals surface area contributed by atoms with Gasteiger partial charge in [-0.25, -0.2) is 0 Å². The van der Waals surface area contributed by atoms with Gasteiger partial charge in [-0.05, 0) is 19.1 Å². The molecule has 0 spiro atoms. The number of nitrogens with one attached hydrogen (secondary N) is 1. The van der Waals surface area contributed by atoms with Gasteiger partial charge in [-0.3, -0.25) is 4.79 Å². The van der Waals surface area contributed by atoms with Crippen molar-refractivity contribution in [2.75, 3.05) is 31.3 Å². The van der Waals surface area contributed by atoms with Crippen LogP contribution in [0.15, 0.2) is 18.2 Å². The number of anilines is 2. The molecule has 1 rings (SSSR count). The fourth-order valence-corrected chi connectivity index (χ4v) is 1.17. The second-order valence-electron chi connectivity index (χ2n) is 3.12. The molecule has 0 fully saturated rings. The average Bonchev–Trinajstić information content (AvgIpc) is 2.30. The number of benzene rings is 1. The van der Waals surface area contributed by atoms with Gasteiger partial charge in [0.1, 0.15) is 12.3 Å². The summed E-state index contributed by atoms with van der Waals surface area (Å²) in [5.74, 6) is 0.284. The molecule has 0 aliphatic heterocycles. The van der Waals surface area contributed by atoms with Crippen molar-refractivity contribution < 1.29 is 14.3 Å². The van der Waals surface area contributed by atoms with Gasteiger partial charge in [-0.15, -0.1) is 0 Å². The summed E-state index contributed by atoms with van der Waals surface area (Å²) < 4.78 is 9.85. The van der Waals surface area contributed by atoms with Crippen LogP contribution in [0.25, 0.3) is 0 Å². The number of esters is 1. The summed E-state index contributed by atoms with van der Waals surface area (Å²) in [7, 11) is 1.35. The number of nitrogen functional groups attached to an aromatic ring is 1. The van der Waals surface area contributed by atoms with E-state index in [1.807, 2.05) is 6.92 Å². The van der Waals surface area contributed by atoms with Gasteiger partial charge in [-0.1, -0.05) is 0 Å². The first-order valence-corrected chi connectivity index (χ1v) is 5.00. The molecule has 0 heterocycles. The van der Waals surface area contributed by atoms with Crippen LogP contribution in [0.1, 0.15) is 6.92 Å². The summed E-state index contributed by atoms with van der Waals surface area (Å²) in [6.45, 7) is 2.55. The Morgan fingerprint density at radius 2 is 2.25 bits per heavy atom. The number of hydrogen-bond acceptors (Lipinski definition) is 5. The molecule has 0 amide bonds. The number of carbonyl (C=O) groups is 1. The molecule has 0 saturated heterocycles. The van der Waals surface area contributed by atoms with Gasteiger partial charge in [0.05, 0.1) is 19.4 Å². The van der Waals surface area contributed by atoms with E-state index in [4.69, 9.17) is 10.5 Å². The van der Waals surface area contributed by atoms with Gasteiger partial charge >= 0.3 is 5.97 Å². The lowest BCUT2D eigenvalue weighted by atomic mass is 10.2. The fraction of sp³-hybridized carbons (Fsp3) is 0.364. The van der Waals surface area contributed by atoms with Crippen LogP contribution in [0.2, 0.25) is 0 Å². The summed E-state index contributed by atoms with van der Waals surface area (Å²) in [4.78, 5) is 10.9. The second-order valence-corrected chi connectivity index (χ2v) is 3.12.